The van der Waals surface area contributed by atoms with Crippen molar-refractivity contribution in [1.29, 1.82) is 0 Å². The van der Waals surface area contributed by atoms with Crippen LogP contribution in [0.3, 0.4) is 0 Å². The van der Waals surface area contributed by atoms with Crippen LogP contribution in [-0.4, -0.2) is 16.6 Å². The third-order valence-corrected chi connectivity index (χ3v) is 4.24. The van der Waals surface area contributed by atoms with Crippen molar-refractivity contribution in [2.75, 3.05) is 0 Å². The molecule has 2 aliphatic rings. The summed E-state index contributed by atoms with van der Waals surface area (Å²) in [7, 11) is 0. The van der Waals surface area contributed by atoms with Crippen LogP contribution in [0.25, 0.3) is 6.08 Å². The first-order valence-corrected chi connectivity index (χ1v) is 7.53. The first-order chi connectivity index (χ1) is 11.1. The van der Waals surface area contributed by atoms with Gasteiger partial charge in [0.25, 0.3) is 5.69 Å². The van der Waals surface area contributed by atoms with Gasteiger partial charge in [0.2, 0.25) is 0 Å². The minimum atomic E-state index is -0.729. The summed E-state index contributed by atoms with van der Waals surface area (Å²) in [5.74, 6) is -1.19. The van der Waals surface area contributed by atoms with Gasteiger partial charge in [-0.1, -0.05) is 36.6 Å². The zero-order valence-electron chi connectivity index (χ0n) is 12.4. The molecule has 1 aliphatic carbocycles. The molecular weight excluding hydrogens is 300 g/mol. The number of hydrogen-bond donors (Lipinski definition) is 0. The predicted octanol–water partition coefficient (Wildman–Crippen LogP) is 2.54. The number of oxime groups is 1. The third kappa shape index (κ3) is 2.94. The van der Waals surface area contributed by atoms with E-state index in [4.69, 9.17) is 4.84 Å². The highest BCUT2D eigenvalue weighted by Gasteiger charge is 2.32. The molecule has 0 spiro atoms. The molecule has 0 unspecified atom stereocenters. The third-order valence-electron chi connectivity index (χ3n) is 4.24. The van der Waals surface area contributed by atoms with Crippen molar-refractivity contribution < 1.29 is 19.7 Å². The van der Waals surface area contributed by atoms with Crippen LogP contribution < -0.4 is 5.11 Å². The second-order valence-electron chi connectivity index (χ2n) is 5.70. The predicted molar refractivity (Wildman–Crippen MR) is 80.6 cm³/mol. The first kappa shape index (κ1) is 15.2. The maximum absolute atomic E-state index is 12.1. The molecule has 0 bridgehead atoms. The SMILES string of the molecule is O=C1ON=C(C2CCCCC2)/C1=C/c1cccc([N+](=O)[O-])c1[O-]. The molecule has 23 heavy (non-hydrogen) atoms. The van der Waals surface area contributed by atoms with Gasteiger partial charge in [0.15, 0.2) is 0 Å². The van der Waals surface area contributed by atoms with Gasteiger partial charge in [-0.15, -0.1) is 0 Å². The van der Waals surface area contributed by atoms with Gasteiger partial charge in [-0.3, -0.25) is 10.1 Å². The number of hydrogen-bond acceptors (Lipinski definition) is 6. The second kappa shape index (κ2) is 6.20. The number of para-hydroxylation sites is 1. The number of carbonyl (C=O) groups is 1. The Hall–Kier alpha value is -2.70. The Morgan fingerprint density at radius 3 is 2.70 bits per heavy atom. The van der Waals surface area contributed by atoms with E-state index < -0.39 is 22.3 Å². The van der Waals surface area contributed by atoms with Gasteiger partial charge in [0, 0.05) is 12.0 Å². The summed E-state index contributed by atoms with van der Waals surface area (Å²) in [5, 5.41) is 26.8. The topological polar surface area (TPSA) is 105 Å². The van der Waals surface area contributed by atoms with E-state index in [1.54, 1.807) is 0 Å². The van der Waals surface area contributed by atoms with Gasteiger partial charge < -0.3 is 9.94 Å². The van der Waals surface area contributed by atoms with Crippen LogP contribution in [-0.2, 0) is 9.63 Å². The summed E-state index contributed by atoms with van der Waals surface area (Å²) >= 11 is 0. The van der Waals surface area contributed by atoms with E-state index in [2.05, 4.69) is 5.16 Å². The number of nitro groups is 1. The number of nitrogens with zero attached hydrogens (tertiary/aromatic N) is 2. The molecule has 0 N–H and O–H groups in total. The molecule has 7 heteroatoms. The summed E-state index contributed by atoms with van der Waals surface area (Å²) in [5.41, 5.74) is 0.369. The number of nitro benzene ring substituents is 1. The molecule has 1 saturated carbocycles. The molecule has 1 aromatic carbocycles. The molecule has 120 valence electrons. The lowest BCUT2D eigenvalue weighted by Crippen LogP contribution is -2.19. The normalized spacial score (nSPS) is 20.4. The van der Waals surface area contributed by atoms with Crippen LogP contribution in [0, 0.1) is 16.0 Å². The Morgan fingerprint density at radius 2 is 2.00 bits per heavy atom. The average molecular weight is 315 g/mol. The molecule has 0 radical (unpaired) electrons. The van der Waals surface area contributed by atoms with Crippen molar-refractivity contribution in [1.82, 2.24) is 0 Å². The van der Waals surface area contributed by atoms with E-state index in [9.17, 15) is 20.0 Å². The van der Waals surface area contributed by atoms with Gasteiger partial charge in [-0.05, 0) is 30.2 Å². The van der Waals surface area contributed by atoms with Crippen LogP contribution in [0.2, 0.25) is 0 Å². The lowest BCUT2D eigenvalue weighted by Gasteiger charge is -2.20. The first-order valence-electron chi connectivity index (χ1n) is 7.53. The molecule has 0 atom stereocenters. The van der Waals surface area contributed by atoms with E-state index in [0.29, 0.717) is 5.71 Å². The van der Waals surface area contributed by atoms with Gasteiger partial charge in [-0.2, -0.15) is 0 Å². The molecule has 1 heterocycles. The van der Waals surface area contributed by atoms with Crippen LogP contribution in [0.4, 0.5) is 5.69 Å². The Balaban J connectivity index is 1.97. The number of rotatable bonds is 3. The van der Waals surface area contributed by atoms with E-state index in [1.165, 1.54) is 18.2 Å². The monoisotopic (exact) mass is 315 g/mol. The fourth-order valence-electron chi connectivity index (χ4n) is 3.05. The maximum Gasteiger partial charge on any atom is 0.367 e. The van der Waals surface area contributed by atoms with Gasteiger partial charge >= 0.3 is 5.97 Å². The maximum atomic E-state index is 12.1. The number of carbonyl (C=O) groups excluding carboxylic acids is 1. The van der Waals surface area contributed by atoms with E-state index in [-0.39, 0.29) is 17.1 Å². The number of benzene rings is 1. The molecular formula is C16H15N2O5-. The van der Waals surface area contributed by atoms with Crippen LogP contribution in [0.1, 0.15) is 37.7 Å². The minimum absolute atomic E-state index is 0.0940. The van der Waals surface area contributed by atoms with E-state index in [0.717, 1.165) is 38.2 Å². The van der Waals surface area contributed by atoms with Crippen molar-refractivity contribution in [2.45, 2.75) is 32.1 Å². The molecule has 3 rings (SSSR count). The van der Waals surface area contributed by atoms with Gasteiger partial charge in [0.05, 0.1) is 16.2 Å². The summed E-state index contributed by atoms with van der Waals surface area (Å²) in [6, 6.07) is 4.02. The fourth-order valence-corrected chi connectivity index (χ4v) is 3.05. The molecule has 1 aromatic rings. The van der Waals surface area contributed by atoms with Crippen molar-refractivity contribution in [2.24, 2.45) is 11.1 Å². The minimum Gasteiger partial charge on any atom is -0.867 e. The van der Waals surface area contributed by atoms with Crippen molar-refractivity contribution in [3.8, 4) is 5.75 Å². The highest BCUT2D eigenvalue weighted by atomic mass is 16.7. The highest BCUT2D eigenvalue weighted by Crippen LogP contribution is 2.33. The van der Waals surface area contributed by atoms with Crippen LogP contribution in [0.5, 0.6) is 5.75 Å². The largest absolute Gasteiger partial charge is 0.867 e. The Kier molecular flexibility index (Phi) is 4.10. The van der Waals surface area contributed by atoms with E-state index in [1.807, 2.05) is 0 Å². The molecule has 0 saturated heterocycles. The lowest BCUT2D eigenvalue weighted by molar-refractivity contribution is -0.398. The average Bonchev–Trinajstić information content (AvgIpc) is 2.91. The van der Waals surface area contributed by atoms with Crippen molar-refractivity contribution >= 4 is 23.4 Å². The molecule has 0 amide bonds. The van der Waals surface area contributed by atoms with E-state index >= 15 is 0 Å². The summed E-state index contributed by atoms with van der Waals surface area (Å²) in [4.78, 5) is 26.8. The van der Waals surface area contributed by atoms with Crippen LogP contribution in [0.15, 0.2) is 28.9 Å². The highest BCUT2D eigenvalue weighted by molar-refractivity contribution is 6.26. The van der Waals surface area contributed by atoms with Gasteiger partial charge in [0.1, 0.15) is 0 Å². The molecule has 1 fully saturated rings. The van der Waals surface area contributed by atoms with Crippen LogP contribution >= 0.6 is 0 Å². The van der Waals surface area contributed by atoms with Crippen molar-refractivity contribution in [3.05, 3.63) is 39.4 Å². The summed E-state index contributed by atoms with van der Waals surface area (Å²) in [6.45, 7) is 0. The van der Waals surface area contributed by atoms with Crippen molar-refractivity contribution in [3.63, 3.8) is 0 Å². The quantitative estimate of drug-likeness (QED) is 0.369. The molecule has 1 aliphatic heterocycles. The zero-order chi connectivity index (χ0) is 16.4. The molecule has 7 nitrogen and oxygen atoms in total. The summed E-state index contributed by atoms with van der Waals surface area (Å²) in [6.07, 6.45) is 6.49. The zero-order valence-corrected chi connectivity index (χ0v) is 12.4. The Bertz CT molecular complexity index is 717. The van der Waals surface area contributed by atoms with Gasteiger partial charge in [-0.25, -0.2) is 4.79 Å². The molecule has 0 aromatic heterocycles. The lowest BCUT2D eigenvalue weighted by atomic mass is 9.83. The Morgan fingerprint density at radius 1 is 1.26 bits per heavy atom. The smallest absolute Gasteiger partial charge is 0.367 e. The Labute approximate surface area is 132 Å². The fraction of sp³-hybridized carbons (Fsp3) is 0.375. The second-order valence-corrected chi connectivity index (χ2v) is 5.70. The summed E-state index contributed by atoms with van der Waals surface area (Å²) < 4.78 is 0. The standard InChI is InChI=1S/C16H16N2O5/c19-15-11(7-4-8-13(15)18(21)22)9-12-14(17-23-16(12)20)10-5-2-1-3-6-10/h4,7-10,19H,1-3,5-6H2/p-1/b12-9-.